The van der Waals surface area contributed by atoms with Crippen LogP contribution in [0.3, 0.4) is 0 Å². The summed E-state index contributed by atoms with van der Waals surface area (Å²) in [6.07, 6.45) is 6.95. The van der Waals surface area contributed by atoms with Gasteiger partial charge in [0.05, 0.1) is 30.9 Å². The number of rotatable bonds is 10. The molecule has 3 aromatic heterocycles. The van der Waals surface area contributed by atoms with E-state index in [9.17, 15) is 14.4 Å². The second kappa shape index (κ2) is 11.6. The highest BCUT2D eigenvalue weighted by Gasteiger charge is 2.24. The van der Waals surface area contributed by atoms with Crippen molar-refractivity contribution in [2.45, 2.75) is 32.2 Å². The summed E-state index contributed by atoms with van der Waals surface area (Å²) in [6, 6.07) is 8.80. The van der Waals surface area contributed by atoms with Gasteiger partial charge in [-0.25, -0.2) is 0 Å². The highest BCUT2D eigenvalue weighted by Crippen LogP contribution is 2.35. The number of halogens is 1. The summed E-state index contributed by atoms with van der Waals surface area (Å²) >= 11 is 6.28. The second-order valence-electron chi connectivity index (χ2n) is 8.15. The molecule has 0 aliphatic heterocycles. The molecule has 0 spiro atoms. The van der Waals surface area contributed by atoms with Gasteiger partial charge in [0.2, 0.25) is 5.91 Å². The average molecular weight is 522 g/mol. The molecule has 12 heteroatoms. The number of unbranched alkanes of at least 4 members (excludes halogenated alkanes) is 1. The molecule has 0 saturated heterocycles. The molecule has 1 atom stereocenters. The smallest absolute Gasteiger partial charge is 0.252 e. The minimum absolute atomic E-state index is 0.249. The van der Waals surface area contributed by atoms with Crippen LogP contribution in [0.15, 0.2) is 59.9 Å². The van der Waals surface area contributed by atoms with Crippen LogP contribution < -0.4 is 15.6 Å². The van der Waals surface area contributed by atoms with Crippen molar-refractivity contribution in [1.82, 2.24) is 29.8 Å². The van der Waals surface area contributed by atoms with Crippen LogP contribution in [0.5, 0.6) is 5.75 Å². The maximum Gasteiger partial charge on any atom is 0.252 e. The van der Waals surface area contributed by atoms with E-state index in [2.05, 4.69) is 25.8 Å². The van der Waals surface area contributed by atoms with Crippen LogP contribution in [0, 0.1) is 0 Å². The van der Waals surface area contributed by atoms with E-state index in [4.69, 9.17) is 16.3 Å². The maximum absolute atomic E-state index is 13.4. The normalized spacial score (nSPS) is 11.6. The summed E-state index contributed by atoms with van der Waals surface area (Å²) in [5, 5.41) is 14.5. The lowest BCUT2D eigenvalue weighted by Gasteiger charge is -2.21. The lowest BCUT2D eigenvalue weighted by atomic mass is 10.0. The molecule has 1 aromatic carbocycles. The second-order valence-corrected chi connectivity index (χ2v) is 8.59. The third-order valence-corrected chi connectivity index (χ3v) is 5.99. The molecule has 3 heterocycles. The number of hydrogen-bond donors (Lipinski definition) is 1. The molecule has 37 heavy (non-hydrogen) atoms. The summed E-state index contributed by atoms with van der Waals surface area (Å²) < 4.78 is 8.47. The van der Waals surface area contributed by atoms with E-state index in [1.165, 1.54) is 47.2 Å². The largest absolute Gasteiger partial charge is 0.495 e. The Morgan fingerprint density at radius 2 is 2.05 bits per heavy atom. The average Bonchev–Trinajstić information content (AvgIpc) is 3.44. The zero-order valence-corrected chi connectivity index (χ0v) is 20.9. The van der Waals surface area contributed by atoms with Gasteiger partial charge in [-0.15, -0.1) is 5.10 Å². The zero-order chi connectivity index (χ0) is 26.4. The number of carbonyl (C=O) groups is 2. The van der Waals surface area contributed by atoms with Gasteiger partial charge in [-0.3, -0.25) is 23.9 Å². The van der Waals surface area contributed by atoms with Gasteiger partial charge in [0.1, 0.15) is 23.8 Å². The number of aldehydes is 1. The number of pyridine rings is 2. The molecule has 0 fully saturated rings. The van der Waals surface area contributed by atoms with Gasteiger partial charge in [-0.05, 0) is 47.2 Å². The van der Waals surface area contributed by atoms with Crippen molar-refractivity contribution in [3.05, 3.63) is 76.2 Å². The molecule has 0 saturated carbocycles. The molecular formula is C25H24ClN7O4. The number of benzene rings is 1. The Labute approximate surface area is 217 Å². The van der Waals surface area contributed by atoms with Crippen LogP contribution in [0.4, 0.5) is 5.69 Å². The van der Waals surface area contributed by atoms with E-state index in [-0.39, 0.29) is 11.6 Å². The van der Waals surface area contributed by atoms with Crippen molar-refractivity contribution >= 4 is 29.5 Å². The van der Waals surface area contributed by atoms with Gasteiger partial charge in [-0.1, -0.05) is 31.4 Å². The van der Waals surface area contributed by atoms with E-state index in [0.29, 0.717) is 52.4 Å². The Kier molecular flexibility index (Phi) is 8.04. The zero-order valence-electron chi connectivity index (χ0n) is 20.2. The predicted octanol–water partition coefficient (Wildman–Crippen LogP) is 3.73. The van der Waals surface area contributed by atoms with Gasteiger partial charge in [0, 0.05) is 22.2 Å². The number of amides is 1. The molecule has 0 aliphatic carbocycles. The molecular weight excluding hydrogens is 498 g/mol. The Hall–Kier alpha value is -4.38. The Morgan fingerprint density at radius 3 is 2.70 bits per heavy atom. The van der Waals surface area contributed by atoms with Crippen LogP contribution in [0.25, 0.3) is 16.8 Å². The molecule has 4 rings (SSSR count). The van der Waals surface area contributed by atoms with E-state index in [1.807, 2.05) is 6.92 Å². The van der Waals surface area contributed by atoms with Crippen molar-refractivity contribution in [1.29, 1.82) is 0 Å². The molecule has 190 valence electrons. The Balaban J connectivity index is 1.76. The number of aromatic nitrogens is 6. The van der Waals surface area contributed by atoms with Crippen molar-refractivity contribution < 1.29 is 14.3 Å². The fourth-order valence-corrected chi connectivity index (χ4v) is 4.08. The summed E-state index contributed by atoms with van der Waals surface area (Å²) in [7, 11) is 1.48. The van der Waals surface area contributed by atoms with Gasteiger partial charge >= 0.3 is 0 Å². The number of tetrazole rings is 1. The summed E-state index contributed by atoms with van der Waals surface area (Å²) in [6.45, 7) is 2.00. The number of nitrogens with one attached hydrogen (secondary N) is 1. The lowest BCUT2D eigenvalue weighted by Crippen LogP contribution is -2.33. The van der Waals surface area contributed by atoms with Crippen molar-refractivity contribution in [3.63, 3.8) is 0 Å². The first-order valence-corrected chi connectivity index (χ1v) is 11.9. The monoisotopic (exact) mass is 521 g/mol. The molecule has 4 aromatic rings. The summed E-state index contributed by atoms with van der Waals surface area (Å²) in [5.74, 6) is -0.0226. The highest BCUT2D eigenvalue weighted by atomic mass is 35.5. The number of methoxy groups -OCH3 is 1. The van der Waals surface area contributed by atoms with Crippen LogP contribution in [0.1, 0.15) is 42.7 Å². The molecule has 1 unspecified atom stereocenters. The van der Waals surface area contributed by atoms with E-state index >= 15 is 0 Å². The SMILES string of the molecule is CCCCC(C(=O)Nc1ccc(C=O)nc1)n1cc(OC)c(-c2cc(Cl)ccc2-n2cnnn2)cc1=O. The first kappa shape index (κ1) is 25.7. The summed E-state index contributed by atoms with van der Waals surface area (Å²) in [5.41, 5.74) is 1.91. The first-order chi connectivity index (χ1) is 17.9. The van der Waals surface area contributed by atoms with Gasteiger partial charge in [-0.2, -0.15) is 4.68 Å². The molecule has 1 amide bonds. The highest BCUT2D eigenvalue weighted by molar-refractivity contribution is 6.31. The van der Waals surface area contributed by atoms with E-state index < -0.39 is 11.6 Å². The van der Waals surface area contributed by atoms with Gasteiger partial charge < -0.3 is 10.1 Å². The Bertz CT molecular complexity index is 1450. The maximum atomic E-state index is 13.4. The molecule has 0 radical (unpaired) electrons. The van der Waals surface area contributed by atoms with E-state index in [1.54, 1.807) is 24.3 Å². The third-order valence-electron chi connectivity index (χ3n) is 5.75. The van der Waals surface area contributed by atoms with Gasteiger partial charge in [0.25, 0.3) is 5.56 Å². The van der Waals surface area contributed by atoms with E-state index in [0.717, 1.165) is 6.42 Å². The summed E-state index contributed by atoms with van der Waals surface area (Å²) in [4.78, 5) is 41.5. The quantitative estimate of drug-likeness (QED) is 0.312. The van der Waals surface area contributed by atoms with Crippen LogP contribution in [-0.4, -0.2) is 49.1 Å². The third kappa shape index (κ3) is 5.72. The minimum atomic E-state index is -0.806. The van der Waals surface area contributed by atoms with Gasteiger partial charge in [0.15, 0.2) is 6.29 Å². The van der Waals surface area contributed by atoms with Crippen molar-refractivity contribution in [2.24, 2.45) is 0 Å². The minimum Gasteiger partial charge on any atom is -0.495 e. The molecule has 1 N–H and O–H groups in total. The van der Waals surface area contributed by atoms with Crippen molar-refractivity contribution in [3.8, 4) is 22.6 Å². The lowest BCUT2D eigenvalue weighted by molar-refractivity contribution is -0.119. The fraction of sp³-hybridized carbons (Fsp3) is 0.240. The molecule has 0 aliphatic rings. The van der Waals surface area contributed by atoms with Crippen molar-refractivity contribution in [2.75, 3.05) is 12.4 Å². The molecule has 11 nitrogen and oxygen atoms in total. The number of nitrogens with zero attached hydrogens (tertiary/aromatic N) is 6. The first-order valence-electron chi connectivity index (χ1n) is 11.5. The standard InChI is InChI=1S/C25H24ClN7O4/c1-3-4-5-22(25(36)29-17-7-8-18(14-34)27-12-17)32-13-23(37-2)20(11-24(32)35)19-10-16(26)6-9-21(19)33-15-28-30-31-33/h6-15,22H,3-5H2,1-2H3,(H,29,36). The predicted molar refractivity (Wildman–Crippen MR) is 137 cm³/mol. The number of carbonyl (C=O) groups excluding carboxylic acids is 2. The topological polar surface area (TPSA) is 134 Å². The number of anilines is 1. The number of ether oxygens (including phenoxy) is 1. The fourth-order valence-electron chi connectivity index (χ4n) is 3.91. The number of hydrogen-bond acceptors (Lipinski definition) is 8. The van der Waals surface area contributed by atoms with Crippen LogP contribution in [-0.2, 0) is 4.79 Å². The molecule has 0 bridgehead atoms. The van der Waals surface area contributed by atoms with Crippen LogP contribution in [0.2, 0.25) is 5.02 Å². The Morgan fingerprint density at radius 1 is 1.22 bits per heavy atom. The van der Waals surface area contributed by atoms with Crippen LogP contribution >= 0.6 is 11.6 Å².